The third-order valence-electron chi connectivity index (χ3n) is 7.62. The average molecular weight is 627 g/mol. The van der Waals surface area contributed by atoms with Crippen LogP contribution in [0.3, 0.4) is 0 Å². The molecule has 1 aliphatic rings. The highest BCUT2D eigenvalue weighted by molar-refractivity contribution is 5.65. The van der Waals surface area contributed by atoms with Crippen molar-refractivity contribution in [2.24, 2.45) is 0 Å². The minimum Gasteiger partial charge on any atom is -0.465 e. The fraction of sp³-hybridized carbons (Fsp3) is 0.290. The fourth-order valence-corrected chi connectivity index (χ4v) is 5.35. The molecule has 1 aliphatic heterocycles. The van der Waals surface area contributed by atoms with Crippen LogP contribution in [0.4, 0.5) is 28.2 Å². The van der Waals surface area contributed by atoms with Gasteiger partial charge in [-0.05, 0) is 23.3 Å². The average Bonchev–Trinajstić information content (AvgIpc) is 3.01. The zero-order chi connectivity index (χ0) is 32.1. The van der Waals surface area contributed by atoms with Gasteiger partial charge in [0.2, 0.25) is 5.82 Å². The molecule has 2 N–H and O–H groups in total. The number of hydrogen-bond donors (Lipinski definition) is 2. The highest BCUT2D eigenvalue weighted by Crippen LogP contribution is 2.33. The number of anilines is 1. The molecule has 1 atom stereocenters. The van der Waals surface area contributed by atoms with Gasteiger partial charge >= 0.3 is 18.0 Å². The molecule has 1 saturated heterocycles. The van der Waals surface area contributed by atoms with E-state index in [1.807, 2.05) is 30.3 Å². The molecule has 0 bridgehead atoms. The standard InChI is InChI=1S/C31H30F4N6O4/c32-25-13-7-12-24(31(33,34)35)23(25)19-41-30(45)40(20-26(36-29(43)44)22-10-5-2-6-11-22)28(42)27(37-41)39-16-14-38(15-17-39)18-21-8-3-1-4-9-21/h1-13,26,36H,14-20H2,(H,43,44)/t26-/m0/s1. The summed E-state index contributed by atoms with van der Waals surface area (Å²) in [7, 11) is 0. The molecule has 2 heterocycles. The Morgan fingerprint density at radius 3 is 2.16 bits per heavy atom. The molecule has 1 amide bonds. The molecular weight excluding hydrogens is 596 g/mol. The number of carboxylic acid groups (broad SMARTS) is 1. The van der Waals surface area contributed by atoms with Crippen LogP contribution in [0.5, 0.6) is 0 Å². The summed E-state index contributed by atoms with van der Waals surface area (Å²) in [6.07, 6.45) is -6.33. The van der Waals surface area contributed by atoms with Gasteiger partial charge in [-0.15, -0.1) is 5.10 Å². The lowest BCUT2D eigenvalue weighted by molar-refractivity contribution is -0.138. The summed E-state index contributed by atoms with van der Waals surface area (Å²) in [6.45, 7) is 0.943. The van der Waals surface area contributed by atoms with Crippen LogP contribution in [0.15, 0.2) is 88.5 Å². The van der Waals surface area contributed by atoms with E-state index >= 15 is 0 Å². The third-order valence-corrected chi connectivity index (χ3v) is 7.62. The normalized spacial score (nSPS) is 14.7. The van der Waals surface area contributed by atoms with Crippen molar-refractivity contribution in [3.8, 4) is 0 Å². The molecule has 1 fully saturated rings. The fourth-order valence-electron chi connectivity index (χ4n) is 5.35. The Balaban J connectivity index is 1.54. The van der Waals surface area contributed by atoms with E-state index in [0.717, 1.165) is 22.3 Å². The van der Waals surface area contributed by atoms with E-state index in [1.54, 1.807) is 35.2 Å². The van der Waals surface area contributed by atoms with E-state index in [4.69, 9.17) is 0 Å². The predicted molar refractivity (Wildman–Crippen MR) is 158 cm³/mol. The molecule has 0 saturated carbocycles. The van der Waals surface area contributed by atoms with Crippen LogP contribution in [0, 0.1) is 5.82 Å². The molecule has 0 spiro atoms. The molecular formula is C31H30F4N6O4. The van der Waals surface area contributed by atoms with Crippen molar-refractivity contribution in [3.63, 3.8) is 0 Å². The van der Waals surface area contributed by atoms with Crippen molar-refractivity contribution in [2.45, 2.75) is 31.9 Å². The summed E-state index contributed by atoms with van der Waals surface area (Å²) in [6, 6.07) is 19.4. The monoisotopic (exact) mass is 626 g/mol. The number of rotatable bonds is 9. The Labute approximate surface area is 254 Å². The lowest BCUT2D eigenvalue weighted by Crippen LogP contribution is -2.52. The SMILES string of the molecule is O=C(O)N[C@@H](Cn1c(=O)c(N2CCN(Cc3ccccc3)CC2)nn(Cc2c(F)cccc2C(F)(F)F)c1=O)c1ccccc1. The maximum atomic E-state index is 14.8. The maximum absolute atomic E-state index is 14.8. The highest BCUT2D eigenvalue weighted by Gasteiger charge is 2.35. The van der Waals surface area contributed by atoms with Crippen LogP contribution in [0.1, 0.15) is 28.3 Å². The Kier molecular flexibility index (Phi) is 9.32. The first-order valence-electron chi connectivity index (χ1n) is 14.1. The number of nitrogens with one attached hydrogen (secondary N) is 1. The smallest absolute Gasteiger partial charge is 0.416 e. The minimum atomic E-state index is -4.92. The number of hydrogen-bond acceptors (Lipinski definition) is 6. The number of piperazine rings is 1. The number of halogens is 4. The molecule has 4 aromatic rings. The maximum Gasteiger partial charge on any atom is 0.416 e. The van der Waals surface area contributed by atoms with E-state index in [-0.39, 0.29) is 5.82 Å². The summed E-state index contributed by atoms with van der Waals surface area (Å²) in [5.74, 6) is -1.40. The van der Waals surface area contributed by atoms with Gasteiger partial charge in [0.1, 0.15) is 5.82 Å². The largest absolute Gasteiger partial charge is 0.465 e. The molecule has 5 rings (SSSR count). The van der Waals surface area contributed by atoms with Gasteiger partial charge in [0.25, 0.3) is 5.56 Å². The van der Waals surface area contributed by atoms with Crippen molar-refractivity contribution in [3.05, 3.63) is 128 Å². The molecule has 14 heteroatoms. The lowest BCUT2D eigenvalue weighted by Gasteiger charge is -2.35. The van der Waals surface area contributed by atoms with Crippen LogP contribution in [-0.2, 0) is 25.8 Å². The molecule has 3 aromatic carbocycles. The van der Waals surface area contributed by atoms with E-state index in [9.17, 15) is 37.1 Å². The molecule has 10 nitrogen and oxygen atoms in total. The molecule has 1 aromatic heterocycles. The van der Waals surface area contributed by atoms with Gasteiger partial charge < -0.3 is 15.3 Å². The summed E-state index contributed by atoms with van der Waals surface area (Å²) >= 11 is 0. The quantitative estimate of drug-likeness (QED) is 0.271. The molecule has 0 radical (unpaired) electrons. The van der Waals surface area contributed by atoms with E-state index in [0.29, 0.717) is 49.0 Å². The van der Waals surface area contributed by atoms with Crippen molar-refractivity contribution in [2.75, 3.05) is 31.1 Å². The zero-order valence-electron chi connectivity index (χ0n) is 24.0. The number of nitrogens with zero attached hydrogens (tertiary/aromatic N) is 5. The van der Waals surface area contributed by atoms with Crippen LogP contribution in [0.25, 0.3) is 0 Å². The van der Waals surface area contributed by atoms with Crippen molar-refractivity contribution in [1.29, 1.82) is 0 Å². The topological polar surface area (TPSA) is 113 Å². The minimum absolute atomic E-state index is 0.207. The van der Waals surface area contributed by atoms with E-state index < -0.39 is 59.6 Å². The number of amides is 1. The molecule has 45 heavy (non-hydrogen) atoms. The zero-order valence-corrected chi connectivity index (χ0v) is 24.0. The second-order valence-corrected chi connectivity index (χ2v) is 10.6. The van der Waals surface area contributed by atoms with Gasteiger partial charge in [-0.25, -0.2) is 18.7 Å². The summed E-state index contributed by atoms with van der Waals surface area (Å²) in [4.78, 5) is 42.9. The number of benzene rings is 3. The first kappa shape index (κ1) is 31.4. The predicted octanol–water partition coefficient (Wildman–Crippen LogP) is 3.94. The van der Waals surface area contributed by atoms with Crippen LogP contribution in [0.2, 0.25) is 0 Å². The van der Waals surface area contributed by atoms with Gasteiger partial charge in [-0.3, -0.25) is 14.3 Å². The van der Waals surface area contributed by atoms with Crippen LogP contribution >= 0.6 is 0 Å². The molecule has 236 valence electrons. The Hall–Kier alpha value is -4.98. The van der Waals surface area contributed by atoms with Gasteiger partial charge in [-0.1, -0.05) is 66.7 Å². The molecule has 0 aliphatic carbocycles. The van der Waals surface area contributed by atoms with Crippen molar-refractivity contribution < 1.29 is 27.5 Å². The third kappa shape index (κ3) is 7.40. The van der Waals surface area contributed by atoms with Crippen molar-refractivity contribution in [1.82, 2.24) is 24.6 Å². The van der Waals surface area contributed by atoms with Gasteiger partial charge in [-0.2, -0.15) is 13.2 Å². The molecule has 0 unspecified atom stereocenters. The number of carbonyl (C=O) groups is 1. The Bertz CT molecular complexity index is 1750. The van der Waals surface area contributed by atoms with Crippen LogP contribution < -0.4 is 21.5 Å². The first-order valence-corrected chi connectivity index (χ1v) is 14.1. The second kappa shape index (κ2) is 13.3. The second-order valence-electron chi connectivity index (χ2n) is 10.6. The number of aromatic nitrogens is 3. The summed E-state index contributed by atoms with van der Waals surface area (Å²) in [5.41, 5.74) is -2.50. The van der Waals surface area contributed by atoms with Gasteiger partial charge in [0.05, 0.1) is 24.7 Å². The Morgan fingerprint density at radius 1 is 0.889 bits per heavy atom. The highest BCUT2D eigenvalue weighted by atomic mass is 19.4. The van der Waals surface area contributed by atoms with E-state index in [1.165, 1.54) is 0 Å². The summed E-state index contributed by atoms with van der Waals surface area (Å²) < 4.78 is 57.6. The van der Waals surface area contributed by atoms with Crippen LogP contribution in [-0.4, -0.2) is 56.6 Å². The van der Waals surface area contributed by atoms with Gasteiger partial charge in [0, 0.05) is 38.3 Å². The lowest BCUT2D eigenvalue weighted by atomic mass is 10.1. The Morgan fingerprint density at radius 2 is 1.53 bits per heavy atom. The summed E-state index contributed by atoms with van der Waals surface area (Å²) in [5, 5.41) is 15.9. The van der Waals surface area contributed by atoms with E-state index in [2.05, 4.69) is 15.3 Å². The van der Waals surface area contributed by atoms with Crippen molar-refractivity contribution >= 4 is 11.9 Å². The number of alkyl halides is 3. The first-order chi connectivity index (χ1) is 21.5. The van der Waals surface area contributed by atoms with Gasteiger partial charge in [0.15, 0.2) is 0 Å².